The molecule has 1 aliphatic heterocycles. The molecule has 0 aromatic carbocycles. The first-order chi connectivity index (χ1) is 11.7. The van der Waals surface area contributed by atoms with Gasteiger partial charge in [-0.1, -0.05) is 6.07 Å². The molecule has 0 radical (unpaired) electrons. The van der Waals surface area contributed by atoms with E-state index in [1.807, 2.05) is 41.5 Å². The highest BCUT2D eigenvalue weighted by Crippen LogP contribution is 2.27. The fraction of sp³-hybridized carbons (Fsp3) is 0.294. The lowest BCUT2D eigenvalue weighted by Gasteiger charge is -2.30. The monoisotopic (exact) mass is 339 g/mol. The SMILES string of the molecule is CC(Nc1nc(C(=O)N2CCC2)c2sccc2n1)c1ccccn1. The number of nitrogens with one attached hydrogen (secondary N) is 1. The largest absolute Gasteiger partial charge is 0.346 e. The van der Waals surface area contributed by atoms with E-state index in [2.05, 4.69) is 20.3 Å². The van der Waals surface area contributed by atoms with Crippen LogP contribution < -0.4 is 5.32 Å². The first-order valence-electron chi connectivity index (χ1n) is 7.94. The predicted molar refractivity (Wildman–Crippen MR) is 94.2 cm³/mol. The van der Waals surface area contributed by atoms with Crippen molar-refractivity contribution < 1.29 is 4.79 Å². The molecule has 1 atom stereocenters. The maximum atomic E-state index is 12.6. The highest BCUT2D eigenvalue weighted by Gasteiger charge is 2.26. The van der Waals surface area contributed by atoms with E-state index in [0.717, 1.165) is 35.4 Å². The third-order valence-corrected chi connectivity index (χ3v) is 5.04. The number of hydrogen-bond donors (Lipinski definition) is 1. The minimum atomic E-state index is -0.0470. The Morgan fingerprint density at radius 2 is 2.17 bits per heavy atom. The van der Waals surface area contributed by atoms with Gasteiger partial charge >= 0.3 is 0 Å². The summed E-state index contributed by atoms with van der Waals surface area (Å²) in [5, 5.41) is 5.20. The number of thiophene rings is 1. The molecule has 4 rings (SSSR count). The summed E-state index contributed by atoms with van der Waals surface area (Å²) in [6, 6.07) is 7.66. The van der Waals surface area contributed by atoms with Crippen LogP contribution in [-0.4, -0.2) is 38.8 Å². The second kappa shape index (κ2) is 6.16. The fourth-order valence-electron chi connectivity index (χ4n) is 2.64. The number of pyridine rings is 1. The lowest BCUT2D eigenvalue weighted by molar-refractivity contribution is 0.0648. The molecule has 4 heterocycles. The van der Waals surface area contributed by atoms with Gasteiger partial charge in [-0.2, -0.15) is 0 Å². The van der Waals surface area contributed by atoms with Crippen LogP contribution >= 0.6 is 11.3 Å². The number of anilines is 1. The van der Waals surface area contributed by atoms with E-state index >= 15 is 0 Å². The van der Waals surface area contributed by atoms with Crippen LogP contribution in [0, 0.1) is 0 Å². The summed E-state index contributed by atoms with van der Waals surface area (Å²) < 4.78 is 0.850. The molecule has 0 aliphatic carbocycles. The lowest BCUT2D eigenvalue weighted by atomic mass is 10.2. The second-order valence-electron chi connectivity index (χ2n) is 5.80. The number of rotatable bonds is 4. The van der Waals surface area contributed by atoms with Gasteiger partial charge in [0.25, 0.3) is 5.91 Å². The Morgan fingerprint density at radius 3 is 2.88 bits per heavy atom. The third kappa shape index (κ3) is 2.71. The van der Waals surface area contributed by atoms with E-state index in [-0.39, 0.29) is 11.9 Å². The smallest absolute Gasteiger partial charge is 0.274 e. The van der Waals surface area contributed by atoms with Crippen molar-refractivity contribution in [2.24, 2.45) is 0 Å². The van der Waals surface area contributed by atoms with Gasteiger partial charge in [-0.15, -0.1) is 11.3 Å². The van der Waals surface area contributed by atoms with E-state index in [9.17, 15) is 4.79 Å². The van der Waals surface area contributed by atoms with Crippen molar-refractivity contribution in [2.45, 2.75) is 19.4 Å². The van der Waals surface area contributed by atoms with Crippen LogP contribution in [0.15, 0.2) is 35.8 Å². The Labute approximate surface area is 143 Å². The number of likely N-dealkylation sites (tertiary alicyclic amines) is 1. The van der Waals surface area contributed by atoms with Gasteiger partial charge < -0.3 is 10.2 Å². The van der Waals surface area contributed by atoms with Crippen LogP contribution in [-0.2, 0) is 0 Å². The highest BCUT2D eigenvalue weighted by molar-refractivity contribution is 7.17. The number of carbonyl (C=O) groups is 1. The average Bonchev–Trinajstić information content (AvgIpc) is 3.01. The molecule has 6 nitrogen and oxygen atoms in total. The quantitative estimate of drug-likeness (QED) is 0.791. The second-order valence-corrected chi connectivity index (χ2v) is 6.71. The molecule has 3 aromatic heterocycles. The van der Waals surface area contributed by atoms with Crippen molar-refractivity contribution in [3.63, 3.8) is 0 Å². The molecular weight excluding hydrogens is 322 g/mol. The summed E-state index contributed by atoms with van der Waals surface area (Å²) >= 11 is 1.51. The van der Waals surface area contributed by atoms with Crippen LogP contribution in [0.1, 0.15) is 35.6 Å². The van der Waals surface area contributed by atoms with E-state index in [4.69, 9.17) is 0 Å². The molecule has 0 bridgehead atoms. The molecule has 3 aromatic rings. The van der Waals surface area contributed by atoms with E-state index < -0.39 is 0 Å². The van der Waals surface area contributed by atoms with Crippen LogP contribution in [0.4, 0.5) is 5.95 Å². The summed E-state index contributed by atoms with van der Waals surface area (Å²) in [6.07, 6.45) is 2.82. The van der Waals surface area contributed by atoms with Crippen molar-refractivity contribution in [2.75, 3.05) is 18.4 Å². The molecule has 24 heavy (non-hydrogen) atoms. The zero-order valence-electron chi connectivity index (χ0n) is 13.3. The number of fused-ring (bicyclic) bond motifs is 1. The molecule has 1 amide bonds. The summed E-state index contributed by atoms with van der Waals surface area (Å²) in [4.78, 5) is 27.9. The normalized spacial score (nSPS) is 15.1. The number of aromatic nitrogens is 3. The summed E-state index contributed by atoms with van der Waals surface area (Å²) in [6.45, 7) is 3.62. The minimum Gasteiger partial charge on any atom is -0.346 e. The van der Waals surface area contributed by atoms with Gasteiger partial charge in [-0.3, -0.25) is 9.78 Å². The molecule has 1 aliphatic rings. The van der Waals surface area contributed by atoms with E-state index in [1.165, 1.54) is 11.3 Å². The Morgan fingerprint density at radius 1 is 1.29 bits per heavy atom. The standard InChI is InChI=1S/C17H17N5OS/c1-11(12-5-2-3-7-18-12)19-17-20-13-6-10-24-15(13)14(21-17)16(23)22-8-4-9-22/h2-3,5-7,10-11H,4,8-9H2,1H3,(H,19,20,21). The molecular formula is C17H17N5OS. The van der Waals surface area contributed by atoms with Gasteiger partial charge in [0.15, 0.2) is 5.69 Å². The van der Waals surface area contributed by atoms with Crippen LogP contribution in [0.2, 0.25) is 0 Å². The molecule has 7 heteroatoms. The minimum absolute atomic E-state index is 0.00959. The van der Waals surface area contributed by atoms with Crippen molar-refractivity contribution in [3.8, 4) is 0 Å². The van der Waals surface area contributed by atoms with Crippen molar-refractivity contribution in [1.82, 2.24) is 19.9 Å². The maximum Gasteiger partial charge on any atom is 0.274 e. The molecule has 1 fully saturated rings. The number of hydrogen-bond acceptors (Lipinski definition) is 6. The number of amides is 1. The molecule has 1 unspecified atom stereocenters. The maximum absolute atomic E-state index is 12.6. The Kier molecular flexibility index (Phi) is 3.86. The van der Waals surface area contributed by atoms with Crippen LogP contribution in [0.3, 0.4) is 0 Å². The Bertz CT molecular complexity index is 875. The van der Waals surface area contributed by atoms with Gasteiger partial charge in [0.1, 0.15) is 0 Å². The third-order valence-electron chi connectivity index (χ3n) is 4.13. The van der Waals surface area contributed by atoms with Gasteiger partial charge in [0.2, 0.25) is 5.95 Å². The van der Waals surface area contributed by atoms with E-state index in [1.54, 1.807) is 6.20 Å². The van der Waals surface area contributed by atoms with Crippen molar-refractivity contribution >= 4 is 33.4 Å². The van der Waals surface area contributed by atoms with Gasteiger partial charge in [0.05, 0.1) is 22.0 Å². The van der Waals surface area contributed by atoms with Crippen molar-refractivity contribution in [1.29, 1.82) is 0 Å². The summed E-state index contributed by atoms with van der Waals surface area (Å²) in [5.74, 6) is 0.451. The molecule has 122 valence electrons. The topological polar surface area (TPSA) is 71.0 Å². The van der Waals surface area contributed by atoms with Gasteiger partial charge in [0, 0.05) is 19.3 Å². The zero-order valence-corrected chi connectivity index (χ0v) is 14.1. The Balaban J connectivity index is 1.67. The molecule has 0 saturated carbocycles. The molecule has 1 saturated heterocycles. The number of carbonyl (C=O) groups excluding carboxylic acids is 1. The summed E-state index contributed by atoms with van der Waals surface area (Å²) in [7, 11) is 0. The summed E-state index contributed by atoms with van der Waals surface area (Å²) in [5.41, 5.74) is 2.20. The first-order valence-corrected chi connectivity index (χ1v) is 8.82. The number of nitrogens with zero attached hydrogens (tertiary/aromatic N) is 4. The first kappa shape index (κ1) is 15.0. The van der Waals surface area contributed by atoms with Gasteiger partial charge in [-0.25, -0.2) is 9.97 Å². The van der Waals surface area contributed by atoms with Crippen LogP contribution in [0.5, 0.6) is 0 Å². The predicted octanol–water partition coefficient (Wildman–Crippen LogP) is 3.11. The zero-order chi connectivity index (χ0) is 16.5. The Hall–Kier alpha value is -2.54. The van der Waals surface area contributed by atoms with Crippen molar-refractivity contribution in [3.05, 3.63) is 47.2 Å². The molecule has 0 spiro atoms. The molecule has 1 N–H and O–H groups in total. The fourth-order valence-corrected chi connectivity index (χ4v) is 3.45. The van der Waals surface area contributed by atoms with Crippen LogP contribution in [0.25, 0.3) is 10.2 Å². The average molecular weight is 339 g/mol. The van der Waals surface area contributed by atoms with Gasteiger partial charge in [-0.05, 0) is 36.9 Å². The highest BCUT2D eigenvalue weighted by atomic mass is 32.1. The lowest BCUT2D eigenvalue weighted by Crippen LogP contribution is -2.42. The van der Waals surface area contributed by atoms with E-state index in [0.29, 0.717) is 11.6 Å².